The van der Waals surface area contributed by atoms with Crippen LogP contribution in [0.2, 0.25) is 0 Å². The van der Waals surface area contributed by atoms with E-state index in [1.54, 1.807) is 6.92 Å². The number of carbonyl (C=O) groups is 3. The van der Waals surface area contributed by atoms with Crippen LogP contribution in [0.3, 0.4) is 0 Å². The smallest absolute Gasteiger partial charge is 0.337 e. The topological polar surface area (TPSA) is 99.8 Å². The molecule has 2 aliphatic heterocycles. The molecule has 1 aromatic carbocycles. The molecule has 0 saturated carbocycles. The zero-order chi connectivity index (χ0) is 21.5. The number of piperidine rings is 1. The third-order valence-corrected chi connectivity index (χ3v) is 5.45. The molecule has 0 bridgehead atoms. The number of rotatable bonds is 7. The summed E-state index contributed by atoms with van der Waals surface area (Å²) in [5.41, 5.74) is 1.81. The Hall–Kier alpha value is -2.87. The number of anilines is 1. The molecule has 0 spiro atoms. The van der Waals surface area contributed by atoms with Crippen LogP contribution < -0.4 is 16.0 Å². The molecule has 0 radical (unpaired) electrons. The summed E-state index contributed by atoms with van der Waals surface area (Å²) >= 11 is 0. The van der Waals surface area contributed by atoms with Gasteiger partial charge in [-0.1, -0.05) is 25.1 Å². The first kappa shape index (κ1) is 21.8. The van der Waals surface area contributed by atoms with E-state index in [4.69, 9.17) is 4.74 Å². The maximum atomic E-state index is 12.7. The Kier molecular flexibility index (Phi) is 7.46. The van der Waals surface area contributed by atoms with Crippen molar-refractivity contribution in [2.24, 2.45) is 5.92 Å². The standard InChI is InChI=1S/C22H30N4O4/c1-3-17-19(21(28)30-4-2)18(25-22(29)24-17)14-26-12-8-9-15(13-26)20(27)23-16-10-6-5-7-11-16/h5-7,10-11,15,17H,3-4,8-9,12-14H2,1-2H3,(H,23,27)(H2,24,25,29)/t15-,17+/m1/s1. The fourth-order valence-electron chi connectivity index (χ4n) is 3.99. The van der Waals surface area contributed by atoms with Crippen molar-refractivity contribution in [1.29, 1.82) is 0 Å². The van der Waals surface area contributed by atoms with E-state index in [9.17, 15) is 14.4 Å². The van der Waals surface area contributed by atoms with Crippen molar-refractivity contribution in [3.05, 3.63) is 41.6 Å². The number of nitrogens with zero attached hydrogens (tertiary/aromatic N) is 1. The van der Waals surface area contributed by atoms with Crippen molar-refractivity contribution < 1.29 is 19.1 Å². The molecule has 0 unspecified atom stereocenters. The molecule has 3 rings (SSSR count). The van der Waals surface area contributed by atoms with Crippen LogP contribution >= 0.6 is 0 Å². The largest absolute Gasteiger partial charge is 0.463 e. The van der Waals surface area contributed by atoms with Crippen LogP contribution in [-0.4, -0.2) is 55.1 Å². The summed E-state index contributed by atoms with van der Waals surface area (Å²) in [5.74, 6) is -0.571. The molecule has 30 heavy (non-hydrogen) atoms. The summed E-state index contributed by atoms with van der Waals surface area (Å²) in [6.45, 7) is 5.71. The second-order valence-electron chi connectivity index (χ2n) is 7.60. The van der Waals surface area contributed by atoms with Gasteiger partial charge in [0.25, 0.3) is 0 Å². The Balaban J connectivity index is 1.71. The number of hydrogen-bond donors (Lipinski definition) is 3. The fourth-order valence-corrected chi connectivity index (χ4v) is 3.99. The molecule has 0 aromatic heterocycles. The number of esters is 1. The van der Waals surface area contributed by atoms with Crippen molar-refractivity contribution in [3.63, 3.8) is 0 Å². The lowest BCUT2D eigenvalue weighted by Gasteiger charge is -2.35. The summed E-state index contributed by atoms with van der Waals surface area (Å²) in [7, 11) is 0. The molecule has 2 heterocycles. The van der Waals surface area contributed by atoms with Crippen LogP contribution in [0.1, 0.15) is 33.1 Å². The molecule has 2 aliphatic rings. The van der Waals surface area contributed by atoms with Gasteiger partial charge in [0.15, 0.2) is 0 Å². The average molecular weight is 415 g/mol. The van der Waals surface area contributed by atoms with Gasteiger partial charge in [-0.2, -0.15) is 0 Å². The van der Waals surface area contributed by atoms with Crippen LogP contribution in [0.5, 0.6) is 0 Å². The molecule has 8 nitrogen and oxygen atoms in total. The molecule has 3 amide bonds. The van der Waals surface area contributed by atoms with Gasteiger partial charge in [-0.3, -0.25) is 9.69 Å². The first-order chi connectivity index (χ1) is 14.5. The number of amides is 3. The van der Waals surface area contributed by atoms with Gasteiger partial charge in [0, 0.05) is 24.5 Å². The van der Waals surface area contributed by atoms with E-state index >= 15 is 0 Å². The highest BCUT2D eigenvalue weighted by atomic mass is 16.5. The minimum atomic E-state index is -0.415. The van der Waals surface area contributed by atoms with Gasteiger partial charge < -0.3 is 20.7 Å². The Morgan fingerprint density at radius 3 is 2.70 bits per heavy atom. The fraction of sp³-hybridized carbons (Fsp3) is 0.500. The Labute approximate surface area is 177 Å². The molecule has 0 aliphatic carbocycles. The first-order valence-electron chi connectivity index (χ1n) is 10.6. The number of nitrogens with one attached hydrogen (secondary N) is 3. The van der Waals surface area contributed by atoms with Crippen LogP contribution in [0.15, 0.2) is 41.6 Å². The van der Waals surface area contributed by atoms with Crippen molar-refractivity contribution >= 4 is 23.6 Å². The van der Waals surface area contributed by atoms with E-state index in [0.29, 0.717) is 30.8 Å². The normalized spacial score (nSPS) is 22.1. The van der Waals surface area contributed by atoms with E-state index in [-0.39, 0.29) is 30.5 Å². The number of hydrogen-bond acceptors (Lipinski definition) is 5. The van der Waals surface area contributed by atoms with E-state index in [1.807, 2.05) is 37.3 Å². The Morgan fingerprint density at radius 1 is 1.23 bits per heavy atom. The van der Waals surface area contributed by atoms with Crippen LogP contribution in [0, 0.1) is 5.92 Å². The number of ether oxygens (including phenoxy) is 1. The summed E-state index contributed by atoms with van der Waals surface area (Å²) in [4.78, 5) is 39.5. The van der Waals surface area contributed by atoms with Gasteiger partial charge >= 0.3 is 12.0 Å². The third kappa shape index (κ3) is 5.38. The van der Waals surface area contributed by atoms with E-state index in [2.05, 4.69) is 20.9 Å². The van der Waals surface area contributed by atoms with Gasteiger partial charge in [0.05, 0.1) is 24.1 Å². The summed E-state index contributed by atoms with van der Waals surface area (Å²) in [5, 5.41) is 8.54. The lowest BCUT2D eigenvalue weighted by atomic mass is 9.95. The maximum absolute atomic E-state index is 12.7. The molecule has 8 heteroatoms. The lowest BCUT2D eigenvalue weighted by molar-refractivity contribution is -0.139. The number of benzene rings is 1. The Morgan fingerprint density at radius 2 is 2.00 bits per heavy atom. The zero-order valence-corrected chi connectivity index (χ0v) is 17.6. The maximum Gasteiger partial charge on any atom is 0.337 e. The Bertz CT molecular complexity index is 809. The molecule has 1 aromatic rings. The quantitative estimate of drug-likeness (QED) is 0.594. The molecular weight excluding hydrogens is 384 g/mol. The van der Waals surface area contributed by atoms with Gasteiger partial charge in [0.2, 0.25) is 5.91 Å². The highest BCUT2D eigenvalue weighted by molar-refractivity contribution is 5.95. The van der Waals surface area contributed by atoms with Gasteiger partial charge in [-0.25, -0.2) is 9.59 Å². The second kappa shape index (κ2) is 10.2. The molecule has 1 saturated heterocycles. The number of carbonyl (C=O) groups excluding carboxylic acids is 3. The molecular formula is C22H30N4O4. The number of likely N-dealkylation sites (tertiary alicyclic amines) is 1. The van der Waals surface area contributed by atoms with E-state index in [1.165, 1.54) is 0 Å². The number of urea groups is 1. The second-order valence-corrected chi connectivity index (χ2v) is 7.60. The molecule has 3 N–H and O–H groups in total. The van der Waals surface area contributed by atoms with E-state index in [0.717, 1.165) is 25.1 Å². The zero-order valence-electron chi connectivity index (χ0n) is 17.6. The highest BCUT2D eigenvalue weighted by Gasteiger charge is 2.33. The first-order valence-corrected chi connectivity index (χ1v) is 10.6. The van der Waals surface area contributed by atoms with Crippen molar-refractivity contribution in [3.8, 4) is 0 Å². The molecule has 1 fully saturated rings. The van der Waals surface area contributed by atoms with Crippen LogP contribution in [-0.2, 0) is 14.3 Å². The average Bonchev–Trinajstić information content (AvgIpc) is 2.74. The third-order valence-electron chi connectivity index (χ3n) is 5.45. The van der Waals surface area contributed by atoms with Crippen LogP contribution in [0.25, 0.3) is 0 Å². The van der Waals surface area contributed by atoms with Crippen molar-refractivity contribution in [2.75, 3.05) is 31.6 Å². The molecule has 2 atom stereocenters. The monoisotopic (exact) mass is 414 g/mol. The van der Waals surface area contributed by atoms with Gasteiger partial charge in [-0.15, -0.1) is 0 Å². The minimum absolute atomic E-state index is 0.00808. The van der Waals surface area contributed by atoms with Crippen molar-refractivity contribution in [1.82, 2.24) is 15.5 Å². The van der Waals surface area contributed by atoms with Crippen LogP contribution in [0.4, 0.5) is 10.5 Å². The minimum Gasteiger partial charge on any atom is -0.463 e. The number of para-hydroxylation sites is 1. The molecule has 162 valence electrons. The van der Waals surface area contributed by atoms with Gasteiger partial charge in [-0.05, 0) is 44.9 Å². The van der Waals surface area contributed by atoms with Crippen molar-refractivity contribution in [2.45, 2.75) is 39.2 Å². The van der Waals surface area contributed by atoms with Gasteiger partial charge in [0.1, 0.15) is 0 Å². The highest BCUT2D eigenvalue weighted by Crippen LogP contribution is 2.22. The predicted molar refractivity (Wildman–Crippen MR) is 114 cm³/mol. The lowest BCUT2D eigenvalue weighted by Crippen LogP contribution is -2.53. The summed E-state index contributed by atoms with van der Waals surface area (Å²) in [6, 6.07) is 8.71. The van der Waals surface area contributed by atoms with E-state index < -0.39 is 5.97 Å². The summed E-state index contributed by atoms with van der Waals surface area (Å²) in [6.07, 6.45) is 2.27. The predicted octanol–water partition coefficient (Wildman–Crippen LogP) is 2.25. The summed E-state index contributed by atoms with van der Waals surface area (Å²) < 4.78 is 5.22. The SMILES string of the molecule is CCOC(=O)C1=C(CN2CCC[C@@H](C(=O)Nc3ccccc3)C2)NC(=O)N[C@H]1CC.